The molecule has 5 nitrogen and oxygen atoms in total. The zero-order valence-electron chi connectivity index (χ0n) is 14.1. The van der Waals surface area contributed by atoms with Gasteiger partial charge in [0.2, 0.25) is 0 Å². The van der Waals surface area contributed by atoms with E-state index in [1.54, 1.807) is 7.11 Å². The van der Waals surface area contributed by atoms with Crippen LogP contribution in [-0.4, -0.2) is 31.9 Å². The number of fused-ring (bicyclic) bond motifs is 3. The number of rotatable bonds is 3. The monoisotopic (exact) mass is 320 g/mol. The number of hydrogen-bond donors (Lipinski definition) is 0. The first-order valence-corrected chi connectivity index (χ1v) is 8.04. The van der Waals surface area contributed by atoms with E-state index in [2.05, 4.69) is 13.8 Å². The summed E-state index contributed by atoms with van der Waals surface area (Å²) in [5.41, 5.74) is 0.713. The van der Waals surface area contributed by atoms with Crippen LogP contribution in [0.2, 0.25) is 0 Å². The number of carbonyl (C=O) groups is 1. The molecule has 0 aromatic heterocycles. The van der Waals surface area contributed by atoms with Crippen LogP contribution in [0.5, 0.6) is 11.5 Å². The van der Waals surface area contributed by atoms with Gasteiger partial charge in [-0.1, -0.05) is 0 Å². The van der Waals surface area contributed by atoms with E-state index in [0.29, 0.717) is 6.42 Å². The van der Waals surface area contributed by atoms with Crippen molar-refractivity contribution in [2.75, 3.05) is 14.2 Å². The van der Waals surface area contributed by atoms with E-state index in [1.807, 2.05) is 18.2 Å². The summed E-state index contributed by atoms with van der Waals surface area (Å²) < 4.78 is 22.6. The summed E-state index contributed by atoms with van der Waals surface area (Å²) in [6, 6.07) is 5.83. The van der Waals surface area contributed by atoms with Gasteiger partial charge >= 0.3 is 5.97 Å². The maximum Gasteiger partial charge on any atom is 0.308 e. The van der Waals surface area contributed by atoms with Crippen molar-refractivity contribution in [1.29, 1.82) is 0 Å². The average Bonchev–Trinajstić information content (AvgIpc) is 2.53. The van der Waals surface area contributed by atoms with Gasteiger partial charge < -0.3 is 18.9 Å². The zero-order chi connectivity index (χ0) is 16.6. The first kappa shape index (κ1) is 16.1. The van der Waals surface area contributed by atoms with Crippen molar-refractivity contribution in [1.82, 2.24) is 0 Å². The first-order chi connectivity index (χ1) is 10.9. The topological polar surface area (TPSA) is 54.0 Å². The molecule has 3 rings (SSSR count). The molecule has 0 unspecified atom stereocenters. The lowest BCUT2D eigenvalue weighted by atomic mass is 9.75. The maximum absolute atomic E-state index is 11.6. The van der Waals surface area contributed by atoms with Gasteiger partial charge in [0.15, 0.2) is 0 Å². The molecular formula is C18H24O5. The van der Waals surface area contributed by atoms with E-state index < -0.39 is 0 Å². The molecule has 0 amide bonds. The first-order valence-electron chi connectivity index (χ1n) is 8.04. The predicted molar refractivity (Wildman–Crippen MR) is 84.7 cm³/mol. The molecule has 1 saturated heterocycles. The molecule has 0 aliphatic carbocycles. The highest BCUT2D eigenvalue weighted by atomic mass is 16.5. The quantitative estimate of drug-likeness (QED) is 0.800. The number of benzene rings is 1. The zero-order valence-corrected chi connectivity index (χ0v) is 14.1. The molecule has 126 valence electrons. The Morgan fingerprint density at radius 3 is 2.78 bits per heavy atom. The fourth-order valence-corrected chi connectivity index (χ4v) is 3.63. The van der Waals surface area contributed by atoms with E-state index in [-0.39, 0.29) is 29.7 Å². The fraction of sp³-hybridized carbons (Fsp3) is 0.611. The molecular weight excluding hydrogens is 296 g/mol. The normalized spacial score (nSPS) is 28.1. The highest BCUT2D eigenvalue weighted by Crippen LogP contribution is 2.51. The third kappa shape index (κ3) is 3.02. The molecule has 0 radical (unpaired) electrons. The summed E-state index contributed by atoms with van der Waals surface area (Å²) in [5.74, 6) is 1.60. The van der Waals surface area contributed by atoms with Gasteiger partial charge in [-0.25, -0.2) is 0 Å². The Balaban J connectivity index is 1.89. The van der Waals surface area contributed by atoms with Crippen molar-refractivity contribution in [3.05, 3.63) is 23.8 Å². The Hall–Kier alpha value is -1.75. The molecule has 1 aromatic rings. The molecule has 2 heterocycles. The van der Waals surface area contributed by atoms with Gasteiger partial charge in [-0.3, -0.25) is 4.79 Å². The Labute approximate surface area is 136 Å². The minimum Gasteiger partial charge on any atom is -0.497 e. The molecule has 1 aromatic carbocycles. The van der Waals surface area contributed by atoms with Crippen LogP contribution in [-0.2, 0) is 14.3 Å². The van der Waals surface area contributed by atoms with E-state index in [9.17, 15) is 4.79 Å². The van der Waals surface area contributed by atoms with Crippen molar-refractivity contribution in [2.24, 2.45) is 5.92 Å². The molecule has 3 atom stereocenters. The van der Waals surface area contributed by atoms with E-state index >= 15 is 0 Å². The molecule has 23 heavy (non-hydrogen) atoms. The molecule has 2 aliphatic heterocycles. The van der Waals surface area contributed by atoms with Crippen LogP contribution in [0.1, 0.15) is 44.8 Å². The van der Waals surface area contributed by atoms with Crippen molar-refractivity contribution >= 4 is 5.97 Å². The van der Waals surface area contributed by atoms with Crippen LogP contribution in [0.3, 0.4) is 0 Å². The average molecular weight is 320 g/mol. The van der Waals surface area contributed by atoms with Gasteiger partial charge in [0, 0.05) is 17.5 Å². The number of methoxy groups -OCH3 is 2. The lowest BCUT2D eigenvalue weighted by Crippen LogP contribution is -2.48. The fourth-order valence-electron chi connectivity index (χ4n) is 3.63. The maximum atomic E-state index is 11.6. The summed E-state index contributed by atoms with van der Waals surface area (Å²) >= 11 is 0. The largest absolute Gasteiger partial charge is 0.497 e. The highest BCUT2D eigenvalue weighted by Gasteiger charge is 2.47. The Bertz CT molecular complexity index is 595. The molecule has 0 spiro atoms. The number of carbonyl (C=O) groups excluding carboxylic acids is 1. The van der Waals surface area contributed by atoms with Crippen molar-refractivity contribution in [2.45, 2.75) is 50.9 Å². The smallest absolute Gasteiger partial charge is 0.308 e. The standard InChI is InChI=1S/C18H24O5/c1-18(2)14-8-6-12(10-16(19)21-4)22-17(14)13-7-5-11(20-3)9-15(13)23-18/h5,7,9,12,14,17H,6,8,10H2,1-4H3/t12-,14+,17-/m1/s1. The summed E-state index contributed by atoms with van der Waals surface area (Å²) in [7, 11) is 3.05. The number of ether oxygens (including phenoxy) is 4. The molecule has 1 fully saturated rings. The van der Waals surface area contributed by atoms with Gasteiger partial charge in [-0.15, -0.1) is 0 Å². The Morgan fingerprint density at radius 1 is 1.30 bits per heavy atom. The van der Waals surface area contributed by atoms with Crippen LogP contribution in [0.4, 0.5) is 0 Å². The van der Waals surface area contributed by atoms with E-state index in [4.69, 9.17) is 18.9 Å². The second-order valence-corrected chi connectivity index (χ2v) is 6.75. The van der Waals surface area contributed by atoms with Crippen LogP contribution >= 0.6 is 0 Å². The van der Waals surface area contributed by atoms with Crippen molar-refractivity contribution in [3.8, 4) is 11.5 Å². The summed E-state index contributed by atoms with van der Waals surface area (Å²) in [4.78, 5) is 11.6. The van der Waals surface area contributed by atoms with Gasteiger partial charge in [0.25, 0.3) is 0 Å². The van der Waals surface area contributed by atoms with E-state index in [0.717, 1.165) is 29.9 Å². The van der Waals surface area contributed by atoms with Gasteiger partial charge in [0.1, 0.15) is 17.1 Å². The van der Waals surface area contributed by atoms with Crippen LogP contribution < -0.4 is 9.47 Å². The third-order valence-electron chi connectivity index (χ3n) is 4.92. The summed E-state index contributed by atoms with van der Waals surface area (Å²) in [6.07, 6.45) is 1.93. The SMILES string of the molecule is COC(=O)C[C@H]1CC[C@H]2[C@H](O1)c1ccc(OC)cc1OC2(C)C. The van der Waals surface area contributed by atoms with Crippen molar-refractivity contribution < 1.29 is 23.7 Å². The summed E-state index contributed by atoms with van der Waals surface area (Å²) in [5, 5.41) is 0. The van der Waals surface area contributed by atoms with Crippen molar-refractivity contribution in [3.63, 3.8) is 0 Å². The van der Waals surface area contributed by atoms with Gasteiger partial charge in [0.05, 0.1) is 32.8 Å². The predicted octanol–water partition coefficient (Wildman–Crippen LogP) is 3.27. The van der Waals surface area contributed by atoms with Gasteiger partial charge in [-0.05, 0) is 38.8 Å². The van der Waals surface area contributed by atoms with Gasteiger partial charge in [-0.2, -0.15) is 0 Å². The molecule has 0 N–H and O–H groups in total. The molecule has 5 heteroatoms. The van der Waals surface area contributed by atoms with Crippen LogP contribution in [0, 0.1) is 5.92 Å². The minimum absolute atomic E-state index is 0.0666. The lowest BCUT2D eigenvalue weighted by Gasteiger charge is -2.48. The number of hydrogen-bond acceptors (Lipinski definition) is 5. The molecule has 2 aliphatic rings. The van der Waals surface area contributed by atoms with Crippen LogP contribution in [0.15, 0.2) is 18.2 Å². The minimum atomic E-state index is -0.319. The Morgan fingerprint density at radius 2 is 2.09 bits per heavy atom. The van der Waals surface area contributed by atoms with E-state index in [1.165, 1.54) is 7.11 Å². The highest BCUT2D eigenvalue weighted by molar-refractivity contribution is 5.69. The summed E-state index contributed by atoms with van der Waals surface area (Å²) in [6.45, 7) is 4.19. The lowest BCUT2D eigenvalue weighted by molar-refractivity contribution is -0.164. The second kappa shape index (κ2) is 6.04. The van der Waals surface area contributed by atoms with Crippen LogP contribution in [0.25, 0.3) is 0 Å². The third-order valence-corrected chi connectivity index (χ3v) is 4.92. The number of esters is 1. The Kier molecular flexibility index (Phi) is 4.23. The molecule has 0 bridgehead atoms. The second-order valence-electron chi connectivity index (χ2n) is 6.75. The molecule has 0 saturated carbocycles.